The molecule has 292 valence electrons. The smallest absolute Gasteiger partial charge is 0.238 e. The Morgan fingerprint density at radius 2 is 0.871 bits per heavy atom. The summed E-state index contributed by atoms with van der Waals surface area (Å²) >= 11 is 0. The van der Waals surface area contributed by atoms with Crippen LogP contribution in [0.25, 0.3) is 106 Å². The van der Waals surface area contributed by atoms with Crippen LogP contribution in [-0.2, 0) is 5.41 Å². The van der Waals surface area contributed by atoms with Crippen LogP contribution >= 0.6 is 0 Å². The first kappa shape index (κ1) is 35.9. The van der Waals surface area contributed by atoms with E-state index in [1.165, 1.54) is 44.0 Å². The van der Waals surface area contributed by atoms with Crippen LogP contribution in [0.3, 0.4) is 0 Å². The number of rotatable bonds is 6. The largest absolute Gasteiger partial charge is 0.277 e. The summed E-state index contributed by atoms with van der Waals surface area (Å²) in [5.41, 5.74) is 16.0. The number of nitrogens with zero attached hydrogens (tertiary/aromatic N) is 4. The summed E-state index contributed by atoms with van der Waals surface area (Å²) in [6.45, 7) is 4.69. The number of hydrogen-bond donors (Lipinski definition) is 0. The SMILES string of the molecule is CC1(C)c2ccccc2-c2c(-c3cccc4c5c6ccccc6ccc5n(-c5nc(-c6ccc(-c7ccccc7)cc6)nc(-c6ccc(-c7ccccc7)cc6)n5)c34)cccc21. The lowest BCUT2D eigenvalue weighted by molar-refractivity contribution is 0.660. The van der Waals surface area contributed by atoms with Gasteiger partial charge in [-0.25, -0.2) is 4.98 Å². The molecular formula is C58H40N4. The van der Waals surface area contributed by atoms with E-state index in [4.69, 9.17) is 15.0 Å². The Kier molecular flexibility index (Phi) is 8.16. The Bertz CT molecular complexity index is 3410. The maximum absolute atomic E-state index is 5.43. The van der Waals surface area contributed by atoms with E-state index in [1.807, 2.05) is 12.1 Å². The predicted molar refractivity (Wildman–Crippen MR) is 256 cm³/mol. The van der Waals surface area contributed by atoms with Crippen molar-refractivity contribution in [2.24, 2.45) is 0 Å². The van der Waals surface area contributed by atoms with Crippen molar-refractivity contribution in [1.29, 1.82) is 0 Å². The molecule has 4 nitrogen and oxygen atoms in total. The summed E-state index contributed by atoms with van der Waals surface area (Å²) in [5.74, 6) is 1.79. The molecule has 0 atom stereocenters. The van der Waals surface area contributed by atoms with E-state index in [0.717, 1.165) is 55.4 Å². The van der Waals surface area contributed by atoms with Crippen LogP contribution in [0.15, 0.2) is 206 Å². The fourth-order valence-corrected chi connectivity index (χ4v) is 9.85. The van der Waals surface area contributed by atoms with E-state index in [9.17, 15) is 0 Å². The van der Waals surface area contributed by atoms with Crippen molar-refractivity contribution >= 4 is 32.6 Å². The summed E-state index contributed by atoms with van der Waals surface area (Å²) in [6, 6.07) is 73.7. The Balaban J connectivity index is 1.14. The maximum atomic E-state index is 5.43. The van der Waals surface area contributed by atoms with Crippen LogP contribution in [0, 0.1) is 0 Å². The molecule has 0 unspecified atom stereocenters. The molecule has 12 rings (SSSR count). The lowest BCUT2D eigenvalue weighted by atomic mass is 9.82. The highest BCUT2D eigenvalue weighted by Crippen LogP contribution is 2.53. The van der Waals surface area contributed by atoms with Crippen LogP contribution in [0.5, 0.6) is 0 Å². The van der Waals surface area contributed by atoms with Gasteiger partial charge in [0.1, 0.15) is 0 Å². The molecule has 2 aromatic heterocycles. The lowest BCUT2D eigenvalue weighted by Crippen LogP contribution is -2.14. The predicted octanol–water partition coefficient (Wildman–Crippen LogP) is 14.8. The third-order valence-corrected chi connectivity index (χ3v) is 12.9. The highest BCUT2D eigenvalue weighted by atomic mass is 15.2. The lowest BCUT2D eigenvalue weighted by Gasteiger charge is -2.21. The standard InChI is InChI=1S/C58H40N4/c1-58(2)49-25-12-11-21-47(49)52-45(22-14-26-50(52)58)46-23-13-24-48-53-44-20-10-9-19-41(44)35-36-51(53)62(54(46)48)57-60-55(42-31-27-39(28-32-42)37-15-5-3-6-16-37)59-56(61-57)43-33-29-40(30-34-43)38-17-7-4-8-18-38/h3-36H,1-2H3. The van der Waals surface area contributed by atoms with Crippen molar-refractivity contribution in [2.45, 2.75) is 19.3 Å². The van der Waals surface area contributed by atoms with Crippen molar-refractivity contribution < 1.29 is 0 Å². The van der Waals surface area contributed by atoms with Crippen molar-refractivity contribution in [1.82, 2.24) is 19.5 Å². The Labute approximate surface area is 360 Å². The number of fused-ring (bicyclic) bond motifs is 8. The van der Waals surface area contributed by atoms with Gasteiger partial charge in [0.25, 0.3) is 0 Å². The van der Waals surface area contributed by atoms with Crippen molar-refractivity contribution in [3.05, 3.63) is 217 Å². The van der Waals surface area contributed by atoms with Gasteiger partial charge in [0.2, 0.25) is 5.95 Å². The highest BCUT2D eigenvalue weighted by molar-refractivity contribution is 6.23. The van der Waals surface area contributed by atoms with Crippen molar-refractivity contribution in [3.8, 4) is 73.2 Å². The number of hydrogen-bond acceptors (Lipinski definition) is 3. The Morgan fingerprint density at radius 1 is 0.371 bits per heavy atom. The zero-order valence-electron chi connectivity index (χ0n) is 34.4. The summed E-state index contributed by atoms with van der Waals surface area (Å²) in [7, 11) is 0. The molecule has 4 heteroatoms. The van der Waals surface area contributed by atoms with E-state index in [2.05, 4.69) is 213 Å². The molecule has 0 amide bonds. The fraction of sp³-hybridized carbons (Fsp3) is 0.0517. The molecular weight excluding hydrogens is 753 g/mol. The average Bonchev–Trinajstić information content (AvgIpc) is 3.81. The Morgan fingerprint density at radius 3 is 1.55 bits per heavy atom. The summed E-state index contributed by atoms with van der Waals surface area (Å²) in [5, 5.41) is 4.71. The molecule has 0 bridgehead atoms. The van der Waals surface area contributed by atoms with Gasteiger partial charge < -0.3 is 0 Å². The first-order chi connectivity index (χ1) is 30.5. The van der Waals surface area contributed by atoms with Crippen LogP contribution in [0.2, 0.25) is 0 Å². The number of aromatic nitrogens is 4. The second-order valence-corrected chi connectivity index (χ2v) is 16.8. The molecule has 0 radical (unpaired) electrons. The van der Waals surface area contributed by atoms with Gasteiger partial charge >= 0.3 is 0 Å². The summed E-state index contributed by atoms with van der Waals surface area (Å²) in [6.07, 6.45) is 0. The molecule has 0 saturated carbocycles. The van der Waals surface area contributed by atoms with Gasteiger partial charge in [-0.15, -0.1) is 0 Å². The molecule has 1 aliphatic rings. The quantitative estimate of drug-likeness (QED) is 0.168. The second kappa shape index (κ2) is 14.1. The molecule has 0 aliphatic heterocycles. The third kappa shape index (κ3) is 5.64. The molecule has 1 aliphatic carbocycles. The van der Waals surface area contributed by atoms with Crippen LogP contribution in [0.1, 0.15) is 25.0 Å². The third-order valence-electron chi connectivity index (χ3n) is 12.9. The summed E-state index contributed by atoms with van der Waals surface area (Å²) < 4.78 is 2.29. The van der Waals surface area contributed by atoms with Crippen LogP contribution in [-0.4, -0.2) is 19.5 Å². The monoisotopic (exact) mass is 792 g/mol. The topological polar surface area (TPSA) is 43.6 Å². The molecule has 0 fully saturated rings. The van der Waals surface area contributed by atoms with Gasteiger partial charge in [-0.3, -0.25) is 4.57 Å². The minimum absolute atomic E-state index is 0.136. The maximum Gasteiger partial charge on any atom is 0.238 e. The number of para-hydroxylation sites is 1. The Hall–Kier alpha value is -7.95. The molecule has 11 aromatic rings. The highest BCUT2D eigenvalue weighted by Gasteiger charge is 2.37. The van der Waals surface area contributed by atoms with E-state index in [0.29, 0.717) is 17.6 Å². The zero-order chi connectivity index (χ0) is 41.4. The minimum atomic E-state index is -0.136. The van der Waals surface area contributed by atoms with Gasteiger partial charge in [0.05, 0.1) is 11.0 Å². The normalized spacial score (nSPS) is 12.8. The zero-order valence-corrected chi connectivity index (χ0v) is 34.4. The molecule has 0 spiro atoms. The molecule has 62 heavy (non-hydrogen) atoms. The second-order valence-electron chi connectivity index (χ2n) is 16.8. The van der Waals surface area contributed by atoms with E-state index >= 15 is 0 Å². The van der Waals surface area contributed by atoms with Gasteiger partial charge in [0, 0.05) is 32.9 Å². The summed E-state index contributed by atoms with van der Waals surface area (Å²) in [4.78, 5) is 16.1. The average molecular weight is 793 g/mol. The first-order valence-corrected chi connectivity index (χ1v) is 21.3. The van der Waals surface area contributed by atoms with Gasteiger partial charge in [-0.1, -0.05) is 214 Å². The molecule has 0 N–H and O–H groups in total. The van der Waals surface area contributed by atoms with Gasteiger partial charge in [-0.2, -0.15) is 9.97 Å². The molecule has 9 aromatic carbocycles. The van der Waals surface area contributed by atoms with Crippen molar-refractivity contribution in [3.63, 3.8) is 0 Å². The van der Waals surface area contributed by atoms with E-state index in [1.54, 1.807) is 0 Å². The van der Waals surface area contributed by atoms with Crippen LogP contribution in [0.4, 0.5) is 0 Å². The fourth-order valence-electron chi connectivity index (χ4n) is 9.85. The van der Waals surface area contributed by atoms with E-state index in [-0.39, 0.29) is 5.41 Å². The van der Waals surface area contributed by atoms with Gasteiger partial charge in [0.15, 0.2) is 11.6 Å². The van der Waals surface area contributed by atoms with E-state index < -0.39 is 0 Å². The minimum Gasteiger partial charge on any atom is -0.277 e. The molecule has 2 heterocycles. The number of benzene rings is 9. The van der Waals surface area contributed by atoms with Gasteiger partial charge in [-0.05, 0) is 66.9 Å². The van der Waals surface area contributed by atoms with Crippen molar-refractivity contribution in [2.75, 3.05) is 0 Å². The first-order valence-electron chi connectivity index (χ1n) is 21.3. The molecule has 0 saturated heterocycles. The van der Waals surface area contributed by atoms with Crippen LogP contribution < -0.4 is 0 Å².